The zero-order chi connectivity index (χ0) is 15.8. The lowest BCUT2D eigenvalue weighted by molar-refractivity contribution is 0.101. The number of rotatable bonds is 3. The summed E-state index contributed by atoms with van der Waals surface area (Å²) in [4.78, 5) is 16.8. The molecule has 1 atom stereocenters. The van der Waals surface area contributed by atoms with Crippen molar-refractivity contribution in [2.45, 2.75) is 18.9 Å². The second-order valence-corrected chi connectivity index (χ2v) is 6.55. The molecule has 6 nitrogen and oxygen atoms in total. The highest BCUT2D eigenvalue weighted by Gasteiger charge is 2.22. The van der Waals surface area contributed by atoms with E-state index in [1.54, 1.807) is 17.6 Å². The standard InChI is InChI=1S/C15H13ClN4O2S/c16-13-8-6-17-20-9(8)3-4-10(13)18-14(21)11-7-23-15(19-11)12-2-1-5-22-12/h3-4,6-7,12H,1-2,5H2,(H,17,20)(H,18,21). The van der Waals surface area contributed by atoms with Crippen molar-refractivity contribution in [3.63, 3.8) is 0 Å². The van der Waals surface area contributed by atoms with E-state index in [1.807, 2.05) is 6.07 Å². The Kier molecular flexibility index (Phi) is 3.76. The van der Waals surface area contributed by atoms with Gasteiger partial charge in [-0.05, 0) is 25.0 Å². The van der Waals surface area contributed by atoms with Gasteiger partial charge in [0.2, 0.25) is 0 Å². The van der Waals surface area contributed by atoms with E-state index in [4.69, 9.17) is 16.3 Å². The molecule has 1 amide bonds. The summed E-state index contributed by atoms with van der Waals surface area (Å²) < 4.78 is 5.59. The molecule has 0 spiro atoms. The van der Waals surface area contributed by atoms with Crippen molar-refractivity contribution in [1.82, 2.24) is 15.2 Å². The number of fused-ring (bicyclic) bond motifs is 1. The Morgan fingerprint density at radius 1 is 1.48 bits per heavy atom. The summed E-state index contributed by atoms with van der Waals surface area (Å²) in [5.41, 5.74) is 1.74. The van der Waals surface area contributed by atoms with Crippen LogP contribution in [0.5, 0.6) is 0 Å². The van der Waals surface area contributed by atoms with Gasteiger partial charge in [0, 0.05) is 17.4 Å². The summed E-state index contributed by atoms with van der Waals surface area (Å²) in [6, 6.07) is 3.57. The minimum absolute atomic E-state index is 0.0208. The predicted octanol–water partition coefficient (Wildman–Crippen LogP) is 3.78. The Morgan fingerprint density at radius 3 is 3.22 bits per heavy atom. The smallest absolute Gasteiger partial charge is 0.275 e. The highest BCUT2D eigenvalue weighted by molar-refractivity contribution is 7.09. The summed E-state index contributed by atoms with van der Waals surface area (Å²) >= 11 is 7.76. The average molecular weight is 349 g/mol. The molecule has 4 rings (SSSR count). The Bertz CT molecular complexity index is 869. The molecule has 0 radical (unpaired) electrons. The molecule has 8 heteroatoms. The summed E-state index contributed by atoms with van der Waals surface area (Å²) in [5, 5.41) is 13.4. The zero-order valence-corrected chi connectivity index (χ0v) is 13.6. The maximum absolute atomic E-state index is 12.4. The van der Waals surface area contributed by atoms with Gasteiger partial charge < -0.3 is 10.1 Å². The molecule has 1 aliphatic heterocycles. The molecule has 0 saturated carbocycles. The van der Waals surface area contributed by atoms with Crippen molar-refractivity contribution in [1.29, 1.82) is 0 Å². The number of benzene rings is 1. The van der Waals surface area contributed by atoms with Crippen LogP contribution in [-0.2, 0) is 4.74 Å². The van der Waals surface area contributed by atoms with Crippen molar-refractivity contribution in [3.8, 4) is 0 Å². The number of thiazole rings is 1. The van der Waals surface area contributed by atoms with Gasteiger partial charge in [0.1, 0.15) is 16.8 Å². The number of carbonyl (C=O) groups is 1. The molecular formula is C15H13ClN4O2S. The first-order valence-corrected chi connectivity index (χ1v) is 8.48. The average Bonchev–Trinajstić information content (AvgIpc) is 3.30. The molecule has 2 N–H and O–H groups in total. The fourth-order valence-electron chi connectivity index (χ4n) is 2.58. The lowest BCUT2D eigenvalue weighted by atomic mass is 10.2. The number of H-pyrrole nitrogens is 1. The first-order valence-electron chi connectivity index (χ1n) is 7.22. The third-order valence-electron chi connectivity index (χ3n) is 3.77. The summed E-state index contributed by atoms with van der Waals surface area (Å²) in [5.74, 6) is -0.282. The lowest BCUT2D eigenvalue weighted by Gasteiger charge is -2.06. The van der Waals surface area contributed by atoms with Gasteiger partial charge in [0.05, 0.1) is 22.4 Å². The molecule has 1 unspecified atom stereocenters. The van der Waals surface area contributed by atoms with Gasteiger partial charge in [-0.25, -0.2) is 4.98 Å². The Labute approximate surface area is 140 Å². The van der Waals surface area contributed by atoms with Crippen molar-refractivity contribution >= 4 is 45.4 Å². The van der Waals surface area contributed by atoms with E-state index in [2.05, 4.69) is 20.5 Å². The van der Waals surface area contributed by atoms with Crippen LogP contribution in [0.15, 0.2) is 23.7 Å². The SMILES string of the molecule is O=C(Nc1ccc2[nH]ncc2c1Cl)c1csc(C2CCCO2)n1. The number of amides is 1. The molecule has 1 fully saturated rings. The minimum Gasteiger partial charge on any atom is -0.371 e. The third-order valence-corrected chi connectivity index (χ3v) is 5.11. The minimum atomic E-state index is -0.282. The fraction of sp³-hybridized carbons (Fsp3) is 0.267. The summed E-state index contributed by atoms with van der Waals surface area (Å²) in [7, 11) is 0. The molecule has 3 aromatic rings. The second kappa shape index (κ2) is 5.92. The van der Waals surface area contributed by atoms with Crippen LogP contribution >= 0.6 is 22.9 Å². The number of hydrogen-bond donors (Lipinski definition) is 2. The van der Waals surface area contributed by atoms with Crippen LogP contribution in [0.2, 0.25) is 5.02 Å². The molecule has 1 saturated heterocycles. The zero-order valence-electron chi connectivity index (χ0n) is 12.0. The molecule has 0 bridgehead atoms. The van der Waals surface area contributed by atoms with Crippen LogP contribution in [0.1, 0.15) is 34.4 Å². The van der Waals surface area contributed by atoms with Gasteiger partial charge in [0.15, 0.2) is 0 Å². The van der Waals surface area contributed by atoms with Gasteiger partial charge in [-0.1, -0.05) is 11.6 Å². The first kappa shape index (κ1) is 14.6. The van der Waals surface area contributed by atoms with Crippen LogP contribution in [0.3, 0.4) is 0 Å². The number of aromatic nitrogens is 3. The van der Waals surface area contributed by atoms with E-state index < -0.39 is 0 Å². The Hall–Kier alpha value is -1.96. The van der Waals surface area contributed by atoms with E-state index in [-0.39, 0.29) is 12.0 Å². The van der Waals surface area contributed by atoms with E-state index >= 15 is 0 Å². The largest absolute Gasteiger partial charge is 0.371 e. The monoisotopic (exact) mass is 348 g/mol. The first-order chi connectivity index (χ1) is 11.2. The maximum atomic E-state index is 12.4. The van der Waals surface area contributed by atoms with Gasteiger partial charge in [-0.2, -0.15) is 5.10 Å². The summed E-state index contributed by atoms with van der Waals surface area (Å²) in [6.07, 6.45) is 3.64. The maximum Gasteiger partial charge on any atom is 0.275 e. The van der Waals surface area contributed by atoms with E-state index in [1.165, 1.54) is 11.3 Å². The molecule has 118 valence electrons. The fourth-order valence-corrected chi connectivity index (χ4v) is 3.72. The topological polar surface area (TPSA) is 79.9 Å². The van der Waals surface area contributed by atoms with Crippen molar-refractivity contribution in [2.24, 2.45) is 0 Å². The number of hydrogen-bond acceptors (Lipinski definition) is 5. The number of anilines is 1. The van der Waals surface area contributed by atoms with Crippen LogP contribution in [0, 0.1) is 0 Å². The molecule has 1 aromatic carbocycles. The van der Waals surface area contributed by atoms with Gasteiger partial charge >= 0.3 is 0 Å². The Morgan fingerprint density at radius 2 is 2.39 bits per heavy atom. The molecular weight excluding hydrogens is 336 g/mol. The lowest BCUT2D eigenvalue weighted by Crippen LogP contribution is -2.13. The van der Waals surface area contributed by atoms with Crippen LogP contribution in [-0.4, -0.2) is 27.7 Å². The quantitative estimate of drug-likeness (QED) is 0.755. The van der Waals surface area contributed by atoms with Crippen LogP contribution in [0.4, 0.5) is 5.69 Å². The molecule has 3 heterocycles. The van der Waals surface area contributed by atoms with Crippen LogP contribution < -0.4 is 5.32 Å². The van der Waals surface area contributed by atoms with E-state index in [0.29, 0.717) is 16.4 Å². The predicted molar refractivity (Wildman–Crippen MR) is 89.1 cm³/mol. The summed E-state index contributed by atoms with van der Waals surface area (Å²) in [6.45, 7) is 0.756. The van der Waals surface area contributed by atoms with Crippen LogP contribution in [0.25, 0.3) is 10.9 Å². The molecule has 2 aromatic heterocycles. The highest BCUT2D eigenvalue weighted by Crippen LogP contribution is 2.32. The number of ether oxygens (including phenoxy) is 1. The van der Waals surface area contributed by atoms with E-state index in [9.17, 15) is 4.79 Å². The number of carbonyl (C=O) groups excluding carboxylic acids is 1. The van der Waals surface area contributed by atoms with Crippen molar-refractivity contribution in [2.75, 3.05) is 11.9 Å². The number of nitrogens with one attached hydrogen (secondary N) is 2. The highest BCUT2D eigenvalue weighted by atomic mass is 35.5. The van der Waals surface area contributed by atoms with Gasteiger partial charge in [0.25, 0.3) is 5.91 Å². The normalized spacial score (nSPS) is 17.7. The molecule has 0 aliphatic carbocycles. The van der Waals surface area contributed by atoms with Crippen molar-refractivity contribution in [3.05, 3.63) is 39.4 Å². The molecule has 1 aliphatic rings. The molecule has 23 heavy (non-hydrogen) atoms. The van der Waals surface area contributed by atoms with Gasteiger partial charge in [-0.15, -0.1) is 11.3 Å². The number of nitrogens with zero attached hydrogens (tertiary/aromatic N) is 2. The Balaban J connectivity index is 1.55. The van der Waals surface area contributed by atoms with Crippen molar-refractivity contribution < 1.29 is 9.53 Å². The van der Waals surface area contributed by atoms with Gasteiger partial charge in [-0.3, -0.25) is 9.89 Å². The third kappa shape index (κ3) is 2.71. The second-order valence-electron chi connectivity index (χ2n) is 5.29. The number of aromatic amines is 1. The number of halogens is 1. The van der Waals surface area contributed by atoms with E-state index in [0.717, 1.165) is 35.4 Å².